The Bertz CT molecular complexity index is 887. The van der Waals surface area contributed by atoms with E-state index in [0.717, 1.165) is 23.9 Å². The molecule has 7 heteroatoms. The van der Waals surface area contributed by atoms with Crippen molar-refractivity contribution in [2.75, 3.05) is 11.9 Å². The van der Waals surface area contributed by atoms with Crippen molar-refractivity contribution in [2.45, 2.75) is 39.2 Å². The van der Waals surface area contributed by atoms with Crippen LogP contribution >= 0.6 is 0 Å². The van der Waals surface area contributed by atoms with Crippen molar-refractivity contribution >= 4 is 17.6 Å². The third-order valence-electron chi connectivity index (χ3n) is 4.21. The maximum atomic E-state index is 10.9. The minimum absolute atomic E-state index is 0.0619. The zero-order chi connectivity index (χ0) is 21.1. The Balaban J connectivity index is 2.25. The minimum Gasteiger partial charge on any atom is -0.507 e. The molecule has 0 fully saturated rings. The number of ether oxygens (including phenoxy) is 1. The Morgan fingerprint density at radius 2 is 1.89 bits per heavy atom. The average Bonchev–Trinajstić information content (AvgIpc) is 2.60. The van der Waals surface area contributed by atoms with Crippen molar-refractivity contribution in [1.82, 2.24) is 0 Å². The van der Waals surface area contributed by atoms with Crippen LogP contribution in [-0.4, -0.2) is 33.7 Å². The van der Waals surface area contributed by atoms with Crippen molar-refractivity contribution in [1.29, 1.82) is 5.41 Å². The second-order valence-corrected chi connectivity index (χ2v) is 7.44. The fourth-order valence-corrected chi connectivity index (χ4v) is 2.79. The van der Waals surface area contributed by atoms with E-state index in [9.17, 15) is 15.0 Å². The molecule has 1 unspecified atom stereocenters. The first kappa shape index (κ1) is 21.2. The number of rotatable bonds is 6. The van der Waals surface area contributed by atoms with Gasteiger partial charge in [0.25, 0.3) is 0 Å². The number of anilines is 1. The fraction of sp³-hybridized carbons (Fsp3) is 0.333. The highest BCUT2D eigenvalue weighted by molar-refractivity contribution is 5.91. The van der Waals surface area contributed by atoms with Gasteiger partial charge in [0, 0.05) is 18.3 Å². The van der Waals surface area contributed by atoms with Crippen LogP contribution in [0, 0.1) is 5.41 Å². The number of hydrogen-bond donors (Lipinski definition) is 5. The van der Waals surface area contributed by atoms with Crippen LogP contribution in [0.15, 0.2) is 36.4 Å². The standard InChI is InChI=1S/C21H26N2O5/c1-5-23-16-9-6-12(10-15(16)21(2,3)4)18(25)19(22)28-13-7-8-14(20(26)27)17(24)11-13/h6-11,18,22-25H,5H2,1-4H3,(H,26,27). The molecule has 0 aromatic heterocycles. The number of hydrogen-bond acceptors (Lipinski definition) is 6. The highest BCUT2D eigenvalue weighted by Crippen LogP contribution is 2.33. The molecule has 7 nitrogen and oxygen atoms in total. The zero-order valence-electron chi connectivity index (χ0n) is 16.4. The van der Waals surface area contributed by atoms with Crippen LogP contribution in [0.2, 0.25) is 0 Å². The molecule has 0 saturated carbocycles. The van der Waals surface area contributed by atoms with Gasteiger partial charge in [-0.05, 0) is 41.7 Å². The predicted octanol–water partition coefficient (Wildman–Crippen LogP) is 3.91. The van der Waals surface area contributed by atoms with E-state index in [1.807, 2.05) is 19.1 Å². The lowest BCUT2D eigenvalue weighted by Crippen LogP contribution is -2.20. The van der Waals surface area contributed by atoms with Crippen molar-refractivity contribution in [3.8, 4) is 11.5 Å². The molecule has 0 aliphatic rings. The summed E-state index contributed by atoms with van der Waals surface area (Å²) in [6, 6.07) is 9.02. The van der Waals surface area contributed by atoms with Crippen LogP contribution in [-0.2, 0) is 5.41 Å². The number of nitrogens with one attached hydrogen (secondary N) is 2. The summed E-state index contributed by atoms with van der Waals surface area (Å²) in [6.07, 6.45) is -1.31. The van der Waals surface area contributed by atoms with Crippen LogP contribution in [0.5, 0.6) is 11.5 Å². The number of aliphatic hydroxyl groups is 1. The van der Waals surface area contributed by atoms with E-state index in [1.165, 1.54) is 12.1 Å². The maximum absolute atomic E-state index is 10.9. The summed E-state index contributed by atoms with van der Waals surface area (Å²) in [5.74, 6) is -2.11. The van der Waals surface area contributed by atoms with Gasteiger partial charge in [0.15, 0.2) is 6.10 Å². The van der Waals surface area contributed by atoms with Crippen molar-refractivity contribution in [3.63, 3.8) is 0 Å². The van der Waals surface area contributed by atoms with Crippen LogP contribution < -0.4 is 10.1 Å². The van der Waals surface area contributed by atoms with E-state index in [0.29, 0.717) is 5.56 Å². The molecule has 2 aromatic rings. The van der Waals surface area contributed by atoms with Gasteiger partial charge in [0.1, 0.15) is 17.1 Å². The highest BCUT2D eigenvalue weighted by Gasteiger charge is 2.23. The molecule has 28 heavy (non-hydrogen) atoms. The molecular formula is C21H26N2O5. The molecule has 0 heterocycles. The van der Waals surface area contributed by atoms with Gasteiger partial charge < -0.3 is 25.4 Å². The minimum atomic E-state index is -1.31. The molecule has 1 atom stereocenters. The monoisotopic (exact) mass is 386 g/mol. The molecule has 0 radical (unpaired) electrons. The molecule has 5 N–H and O–H groups in total. The molecule has 2 aromatic carbocycles. The Morgan fingerprint density at radius 1 is 1.21 bits per heavy atom. The van der Waals surface area contributed by atoms with Crippen molar-refractivity contribution in [2.24, 2.45) is 0 Å². The molecule has 0 saturated heterocycles. The second kappa shape index (κ2) is 8.31. The smallest absolute Gasteiger partial charge is 0.339 e. The van der Waals surface area contributed by atoms with E-state index in [1.54, 1.807) is 6.07 Å². The third-order valence-corrected chi connectivity index (χ3v) is 4.21. The normalized spacial score (nSPS) is 12.3. The third kappa shape index (κ3) is 4.80. The largest absolute Gasteiger partial charge is 0.507 e. The van der Waals surface area contributed by atoms with Crippen LogP contribution in [0.25, 0.3) is 0 Å². The van der Waals surface area contributed by atoms with Crippen LogP contribution in [0.4, 0.5) is 5.69 Å². The van der Waals surface area contributed by atoms with E-state index >= 15 is 0 Å². The number of aromatic hydroxyl groups is 1. The van der Waals surface area contributed by atoms with Crippen molar-refractivity contribution in [3.05, 3.63) is 53.1 Å². The molecule has 150 valence electrons. The fourth-order valence-electron chi connectivity index (χ4n) is 2.79. The molecule has 0 bridgehead atoms. The highest BCUT2D eigenvalue weighted by atomic mass is 16.5. The van der Waals surface area contributed by atoms with E-state index in [-0.39, 0.29) is 16.7 Å². The van der Waals surface area contributed by atoms with Gasteiger partial charge in [-0.3, -0.25) is 5.41 Å². The van der Waals surface area contributed by atoms with Gasteiger partial charge in [-0.2, -0.15) is 0 Å². The number of benzene rings is 2. The van der Waals surface area contributed by atoms with E-state index in [2.05, 4.69) is 26.1 Å². The summed E-state index contributed by atoms with van der Waals surface area (Å²) in [5, 5.41) is 40.6. The quantitative estimate of drug-likeness (QED) is 0.379. The lowest BCUT2D eigenvalue weighted by molar-refractivity contribution is 0.0693. The first-order valence-corrected chi connectivity index (χ1v) is 8.93. The number of carboxylic acids is 1. The second-order valence-electron chi connectivity index (χ2n) is 7.44. The van der Waals surface area contributed by atoms with Gasteiger partial charge in [-0.15, -0.1) is 0 Å². The molecule has 0 amide bonds. The van der Waals surface area contributed by atoms with E-state index < -0.39 is 23.7 Å². The zero-order valence-corrected chi connectivity index (χ0v) is 16.4. The lowest BCUT2D eigenvalue weighted by atomic mass is 9.84. The molecule has 2 rings (SSSR count). The topological polar surface area (TPSA) is 123 Å². The van der Waals surface area contributed by atoms with Crippen LogP contribution in [0.1, 0.15) is 55.3 Å². The van der Waals surface area contributed by atoms with Gasteiger partial charge in [0.2, 0.25) is 5.90 Å². The Kier molecular flexibility index (Phi) is 6.30. The Labute approximate surface area is 164 Å². The summed E-state index contributed by atoms with van der Waals surface area (Å²) in [6.45, 7) is 8.96. The summed E-state index contributed by atoms with van der Waals surface area (Å²) >= 11 is 0. The van der Waals surface area contributed by atoms with Crippen molar-refractivity contribution < 1.29 is 24.9 Å². The van der Waals surface area contributed by atoms with Crippen LogP contribution in [0.3, 0.4) is 0 Å². The van der Waals surface area contributed by atoms with Gasteiger partial charge in [-0.25, -0.2) is 4.79 Å². The van der Waals surface area contributed by atoms with E-state index in [4.69, 9.17) is 15.3 Å². The Hall–Kier alpha value is -3.06. The number of carbonyl (C=O) groups is 1. The summed E-state index contributed by atoms with van der Waals surface area (Å²) in [7, 11) is 0. The molecule has 0 aliphatic heterocycles. The number of phenols is 1. The predicted molar refractivity (Wildman–Crippen MR) is 108 cm³/mol. The molecular weight excluding hydrogens is 360 g/mol. The molecule has 0 spiro atoms. The van der Waals surface area contributed by atoms with Gasteiger partial charge in [0.05, 0.1) is 0 Å². The number of aliphatic hydroxyl groups excluding tert-OH is 1. The average molecular weight is 386 g/mol. The molecule has 0 aliphatic carbocycles. The summed E-state index contributed by atoms with van der Waals surface area (Å²) in [4.78, 5) is 10.9. The first-order valence-electron chi connectivity index (χ1n) is 8.93. The number of aromatic carboxylic acids is 1. The summed E-state index contributed by atoms with van der Waals surface area (Å²) < 4.78 is 5.31. The summed E-state index contributed by atoms with van der Waals surface area (Å²) in [5.41, 5.74) is 2.03. The number of carboxylic acid groups (broad SMARTS) is 1. The van der Waals surface area contributed by atoms with Gasteiger partial charge >= 0.3 is 5.97 Å². The van der Waals surface area contributed by atoms with Gasteiger partial charge in [-0.1, -0.05) is 32.9 Å². The Morgan fingerprint density at radius 3 is 2.43 bits per heavy atom. The first-order chi connectivity index (χ1) is 13.0. The SMILES string of the molecule is CCNc1ccc(C(O)C(=N)Oc2ccc(C(=O)O)c(O)c2)cc1C(C)(C)C. The maximum Gasteiger partial charge on any atom is 0.339 e. The lowest BCUT2D eigenvalue weighted by Gasteiger charge is -2.25.